The molecule has 0 spiro atoms. The highest BCUT2D eigenvalue weighted by Crippen LogP contribution is 2.60. The number of aromatic amines is 3. The Morgan fingerprint density at radius 2 is 0.674 bits per heavy atom. The van der Waals surface area contributed by atoms with Crippen molar-refractivity contribution in [1.29, 1.82) is 0 Å². The van der Waals surface area contributed by atoms with Crippen LogP contribution >= 0.6 is 77.8 Å². The molecule has 0 saturated carbocycles. The van der Waals surface area contributed by atoms with Crippen molar-refractivity contribution in [1.82, 2.24) is 28.7 Å². The van der Waals surface area contributed by atoms with Crippen molar-refractivity contribution in [2.75, 3.05) is 19.8 Å². The van der Waals surface area contributed by atoms with Crippen molar-refractivity contribution in [3.8, 4) is 17.6 Å². The molecule has 12 rings (SSSR count). The molecule has 19 nitrogen and oxygen atoms in total. The maximum absolute atomic E-state index is 14.2. The van der Waals surface area contributed by atoms with Gasteiger partial charge in [-0.25, -0.2) is 14.4 Å². The Morgan fingerprint density at radius 1 is 0.419 bits per heavy atom. The van der Waals surface area contributed by atoms with Crippen LogP contribution in [0.4, 0.5) is 17.1 Å². The summed E-state index contributed by atoms with van der Waals surface area (Å²) < 4.78 is 22.4. The lowest BCUT2D eigenvalue weighted by molar-refractivity contribution is 0.0602. The number of hydrogen-bond acceptors (Lipinski definition) is 13. The zero-order chi connectivity index (χ0) is 60.1. The summed E-state index contributed by atoms with van der Waals surface area (Å²) in [5, 5.41) is 38.5. The number of fused-ring (bicyclic) bond motifs is 3. The molecule has 3 aliphatic heterocycles. The van der Waals surface area contributed by atoms with E-state index >= 15 is 0 Å². The molecule has 86 heavy (non-hydrogen) atoms. The molecule has 0 aliphatic carbocycles. The molecule has 3 aromatic heterocycles. The van der Waals surface area contributed by atoms with Crippen molar-refractivity contribution in [2.45, 2.75) is 18.1 Å². The highest BCUT2D eigenvalue weighted by molar-refractivity contribution is 7.55. The van der Waals surface area contributed by atoms with Gasteiger partial charge in [0.1, 0.15) is 36.9 Å². The number of aromatic nitrogens is 6. The smallest absolute Gasteiger partial charge is 0.493 e. The molecule has 434 valence electrons. The van der Waals surface area contributed by atoms with Crippen LogP contribution in [0.2, 0.25) is 30.1 Å². The van der Waals surface area contributed by atoms with E-state index in [0.717, 1.165) is 13.7 Å². The fourth-order valence-electron chi connectivity index (χ4n) is 10.2. The fraction of sp³-hybridized carbons (Fsp3) is 0.100. The number of halogens is 6. The maximum atomic E-state index is 14.2. The van der Waals surface area contributed by atoms with E-state index in [9.17, 15) is 34.6 Å². The molecule has 3 aliphatic rings. The summed E-state index contributed by atoms with van der Waals surface area (Å²) in [7, 11) is -4.97. The summed E-state index contributed by atoms with van der Waals surface area (Å²) in [6.07, 6.45) is 9.28. The Balaban J connectivity index is 0.939. The Morgan fingerprint density at radius 3 is 0.942 bits per heavy atom. The third-order valence-electron chi connectivity index (χ3n) is 14.4. The van der Waals surface area contributed by atoms with Gasteiger partial charge in [-0.1, -0.05) is 124 Å². The van der Waals surface area contributed by atoms with Gasteiger partial charge in [-0.3, -0.25) is 28.7 Å². The van der Waals surface area contributed by atoms with Crippen LogP contribution in [0, 0.1) is 0 Å². The zero-order valence-electron chi connectivity index (χ0n) is 44.1. The minimum Gasteiger partial charge on any atom is -0.493 e. The van der Waals surface area contributed by atoms with Gasteiger partial charge in [0.15, 0.2) is 0 Å². The van der Waals surface area contributed by atoms with Gasteiger partial charge in [-0.05, 0) is 108 Å². The van der Waals surface area contributed by atoms with Crippen molar-refractivity contribution in [2.24, 2.45) is 15.0 Å². The molecule has 26 heteroatoms. The van der Waals surface area contributed by atoms with Crippen LogP contribution in [0.25, 0.3) is 34.9 Å². The van der Waals surface area contributed by atoms with Crippen LogP contribution < -0.4 is 17.1 Å². The second-order valence-electron chi connectivity index (χ2n) is 19.7. The number of allylic oxidation sites excluding steroid dienone is 3. The summed E-state index contributed by atoms with van der Waals surface area (Å²) in [4.78, 5) is 77.2. The second kappa shape index (κ2) is 24.0. The number of imidazole rings is 3. The number of aromatic hydroxyl groups is 3. The third kappa shape index (κ3) is 11.8. The van der Waals surface area contributed by atoms with Gasteiger partial charge in [0, 0.05) is 82.2 Å². The van der Waals surface area contributed by atoms with Crippen molar-refractivity contribution in [3.63, 3.8) is 0 Å². The summed E-state index contributed by atoms with van der Waals surface area (Å²) >= 11 is 37.8. The molecular weight excluding hydrogens is 1250 g/mol. The van der Waals surface area contributed by atoms with E-state index in [2.05, 4.69) is 29.9 Å². The van der Waals surface area contributed by atoms with Gasteiger partial charge < -0.3 is 30.3 Å². The van der Waals surface area contributed by atoms with Gasteiger partial charge in [0.25, 0.3) is 0 Å². The molecule has 6 aromatic carbocycles. The number of nitrogens with zero attached hydrogens (tertiary/aromatic N) is 6. The second-order valence-corrected chi connectivity index (χ2v) is 24.1. The van der Waals surface area contributed by atoms with E-state index < -0.39 is 80.8 Å². The Bertz CT molecular complexity index is 4090. The van der Waals surface area contributed by atoms with Crippen molar-refractivity contribution < 1.29 is 33.8 Å². The molecule has 0 fully saturated rings. The molecule has 7 N–H and O–H groups in total. The molecule has 3 atom stereocenters. The number of H-pyrrole nitrogens is 3. The van der Waals surface area contributed by atoms with E-state index in [-0.39, 0.29) is 17.1 Å². The zero-order valence-corrected chi connectivity index (χ0v) is 49.5. The third-order valence-corrected chi connectivity index (χ3v) is 17.3. The van der Waals surface area contributed by atoms with Crippen LogP contribution in [-0.4, -0.2) is 87.3 Å². The first-order valence-electron chi connectivity index (χ1n) is 26.0. The molecule has 9 aromatic rings. The molecule has 0 amide bonds. The average molecular weight is 1290 g/mol. The highest BCUT2D eigenvalue weighted by Gasteiger charge is 2.49. The van der Waals surface area contributed by atoms with Gasteiger partial charge in [-0.2, -0.15) is 18.5 Å². The normalized spacial score (nSPS) is 16.3. The summed E-state index contributed by atoms with van der Waals surface area (Å²) in [6.45, 7) is -2.05. The molecule has 0 radical (unpaired) electrons. The fourth-order valence-corrected chi connectivity index (χ4v) is 12.3. The highest BCUT2D eigenvalue weighted by atomic mass is 35.5. The summed E-state index contributed by atoms with van der Waals surface area (Å²) in [5.74, 6) is -1.61. The van der Waals surface area contributed by atoms with Crippen LogP contribution in [0.1, 0.15) is 68.6 Å². The number of aliphatic imine (C=N–C) groups is 3. The first kappa shape index (κ1) is 58.4. The topological polar surface area (TPSA) is 259 Å². The van der Waals surface area contributed by atoms with Gasteiger partial charge >= 0.3 is 25.2 Å². The van der Waals surface area contributed by atoms with Crippen molar-refractivity contribution >= 4 is 148 Å². The van der Waals surface area contributed by atoms with Gasteiger partial charge in [0.2, 0.25) is 17.6 Å². The van der Waals surface area contributed by atoms with Gasteiger partial charge in [-0.15, -0.1) is 0 Å². The van der Waals surface area contributed by atoms with E-state index in [1.807, 2.05) is 0 Å². The van der Waals surface area contributed by atoms with Crippen LogP contribution in [0.15, 0.2) is 157 Å². The van der Waals surface area contributed by atoms with Crippen LogP contribution in [0.3, 0.4) is 0 Å². The van der Waals surface area contributed by atoms with E-state index in [1.54, 1.807) is 146 Å². The minimum atomic E-state index is -4.97. The SMILES string of the molecule is O=c1[nH]c(/C=C2\C=Nc3cc(Cl)ccc32)c(O)n1C(CO[P+](O)(OCC(c1ccc(Cl)cc1)n1c(O)c(/C=C2\C=Nc3cc(Cl)ccc32)[nH]c1=O)OCC(c1ccc(Cl)cc1)n1c(O)c(/C=C2\C=Nc3cc(Cl)ccc32)[nH]c1=O)c1ccc(Cl)cc1. The predicted octanol–water partition coefficient (Wildman–Crippen LogP) is 13.9. The lowest BCUT2D eigenvalue weighted by Crippen LogP contribution is -2.30. The number of rotatable bonds is 18. The molecular formula is C60H43Cl6N9O10P+. The number of benzene rings is 6. The largest absolute Gasteiger partial charge is 0.572 e. The summed E-state index contributed by atoms with van der Waals surface area (Å²) in [5.41, 5.74) is 4.07. The number of hydrogen-bond donors (Lipinski definition) is 7. The lowest BCUT2D eigenvalue weighted by Gasteiger charge is -2.25. The van der Waals surface area contributed by atoms with Gasteiger partial charge in [0.05, 0.1) is 35.2 Å². The quantitative estimate of drug-likeness (QED) is 0.0400. The molecule has 0 bridgehead atoms. The van der Waals surface area contributed by atoms with Crippen LogP contribution in [0.5, 0.6) is 17.6 Å². The summed E-state index contributed by atoms with van der Waals surface area (Å²) in [6, 6.07) is 30.3. The standard InChI is InChI=1S/C60H42Cl6N9O10P/c61-37-7-1-31(2-8-37)52(73-55(76)49(70-58(73)79)19-34-25-67-46-22-40(64)13-16-43(34)46)28-83-86(82,84-29-53(32-3-9-38(62)10-4-32)74-56(77)50(71-59(74)80)20-35-26-68-47-23-41(65)14-17-44(35)47)85-30-54(33-5-11-39(63)12-6-33)75-57(78)51(72-60(75)81)21-36-27-69-48-24-42(66)15-18-45(36)48/h1-27,52-54,82H,28-30H2,(H5-,67,68,69,70,71,72,76,77,78,79,80,81)/p+1. The molecule has 3 unspecified atom stereocenters. The Hall–Kier alpha value is -8.01. The predicted molar refractivity (Wildman–Crippen MR) is 338 cm³/mol. The Kier molecular flexibility index (Phi) is 16.3. The van der Waals surface area contributed by atoms with Crippen molar-refractivity contribution in [3.05, 3.63) is 239 Å². The molecule has 6 heterocycles. The van der Waals surface area contributed by atoms with E-state index in [0.29, 0.717) is 97.3 Å². The Labute approximate surface area is 517 Å². The average Bonchev–Trinajstić information content (AvgIpc) is 2.10. The monoisotopic (exact) mass is 1290 g/mol. The first-order chi connectivity index (χ1) is 41.4. The number of nitrogens with one attached hydrogen (secondary N) is 3. The lowest BCUT2D eigenvalue weighted by atomic mass is 10.1. The first-order valence-corrected chi connectivity index (χ1v) is 29.7. The van der Waals surface area contributed by atoms with E-state index in [1.165, 1.54) is 18.2 Å². The van der Waals surface area contributed by atoms with Crippen LogP contribution in [-0.2, 0) is 13.6 Å². The minimum absolute atomic E-state index is 0.00596. The molecule has 0 saturated heterocycles. The maximum Gasteiger partial charge on any atom is 0.572 e. The van der Waals surface area contributed by atoms with E-state index in [4.69, 9.17) is 83.2 Å².